The molecule has 0 radical (unpaired) electrons. The number of terminal acetylenes is 1. The molecule has 1 fully saturated rings. The Balaban J connectivity index is 1.92. The average Bonchev–Trinajstić information content (AvgIpc) is 3.06. The number of carbonyl (C=O) groups is 1. The zero-order valence-electron chi connectivity index (χ0n) is 12.8. The molecule has 0 bridgehead atoms. The van der Waals surface area contributed by atoms with E-state index >= 15 is 0 Å². The minimum absolute atomic E-state index is 0.0216. The zero-order chi connectivity index (χ0) is 16.6. The van der Waals surface area contributed by atoms with Crippen LogP contribution in [0.2, 0.25) is 0 Å². The summed E-state index contributed by atoms with van der Waals surface area (Å²) in [7, 11) is -1.20. The third-order valence-electron chi connectivity index (χ3n) is 4.14. The van der Waals surface area contributed by atoms with E-state index in [0.29, 0.717) is 12.0 Å². The van der Waals surface area contributed by atoms with Crippen LogP contribution in [0.1, 0.15) is 16.8 Å². The minimum Gasteiger partial charge on any atom is -0.334 e. The first kappa shape index (κ1) is 15.6. The summed E-state index contributed by atoms with van der Waals surface area (Å²) >= 11 is 0. The van der Waals surface area contributed by atoms with Crippen LogP contribution in [0.3, 0.4) is 0 Å². The Morgan fingerprint density at radius 3 is 2.96 bits per heavy atom. The summed E-state index contributed by atoms with van der Waals surface area (Å²) in [5.74, 6) is 2.28. The highest BCUT2D eigenvalue weighted by molar-refractivity contribution is 7.91. The fourth-order valence-electron chi connectivity index (χ4n) is 2.92. The van der Waals surface area contributed by atoms with Crippen molar-refractivity contribution < 1.29 is 13.2 Å². The molecule has 0 aliphatic carbocycles. The van der Waals surface area contributed by atoms with Gasteiger partial charge in [0.25, 0.3) is 5.91 Å². The van der Waals surface area contributed by atoms with Crippen LogP contribution in [0.25, 0.3) is 11.0 Å². The summed E-state index contributed by atoms with van der Waals surface area (Å²) in [5.41, 5.74) is 2.11. The fourth-order valence-corrected chi connectivity index (χ4v) is 4.65. The van der Waals surface area contributed by atoms with Gasteiger partial charge in [-0.2, -0.15) is 0 Å². The van der Waals surface area contributed by atoms with Gasteiger partial charge in [0.05, 0.1) is 35.4 Å². The van der Waals surface area contributed by atoms with Crippen molar-refractivity contribution >= 4 is 26.8 Å². The van der Waals surface area contributed by atoms with Gasteiger partial charge in [0, 0.05) is 18.7 Å². The molecule has 0 saturated carbocycles. The second-order valence-corrected chi connectivity index (χ2v) is 7.98. The van der Waals surface area contributed by atoms with Gasteiger partial charge >= 0.3 is 0 Å². The summed E-state index contributed by atoms with van der Waals surface area (Å²) < 4.78 is 25.2. The molecule has 1 unspecified atom stereocenters. The third-order valence-corrected chi connectivity index (χ3v) is 5.89. The van der Waals surface area contributed by atoms with Gasteiger partial charge in [-0.1, -0.05) is 5.92 Å². The highest BCUT2D eigenvalue weighted by Gasteiger charge is 2.34. The Morgan fingerprint density at radius 1 is 1.52 bits per heavy atom. The molecule has 23 heavy (non-hydrogen) atoms. The number of carbonyl (C=O) groups excluding carboxylic acids is 1. The monoisotopic (exact) mass is 331 g/mol. The maximum absolute atomic E-state index is 12.8. The molecular formula is C16H17N3O3S. The van der Waals surface area contributed by atoms with E-state index in [1.165, 1.54) is 4.90 Å². The van der Waals surface area contributed by atoms with Crippen molar-refractivity contribution in [2.24, 2.45) is 7.05 Å². The molecule has 2 heterocycles. The molecule has 3 rings (SSSR count). The van der Waals surface area contributed by atoms with Gasteiger partial charge in [-0.25, -0.2) is 13.4 Å². The molecule has 0 spiro atoms. The van der Waals surface area contributed by atoms with Crippen LogP contribution in [-0.2, 0) is 16.9 Å². The number of hydrogen-bond acceptors (Lipinski definition) is 4. The third kappa shape index (κ3) is 2.94. The summed E-state index contributed by atoms with van der Waals surface area (Å²) in [6.07, 6.45) is 7.48. The van der Waals surface area contributed by atoms with Gasteiger partial charge in [-0.05, 0) is 24.6 Å². The summed E-state index contributed by atoms with van der Waals surface area (Å²) in [5, 5.41) is 0. The number of imidazole rings is 1. The second-order valence-electron chi connectivity index (χ2n) is 5.75. The number of rotatable bonds is 3. The maximum Gasteiger partial charge on any atom is 0.255 e. The van der Waals surface area contributed by atoms with E-state index in [0.717, 1.165) is 11.0 Å². The summed E-state index contributed by atoms with van der Waals surface area (Å²) in [6.45, 7) is 0.0965. The molecule has 1 aromatic carbocycles. The topological polar surface area (TPSA) is 72.3 Å². The number of aryl methyl sites for hydroxylation is 1. The Morgan fingerprint density at radius 2 is 2.30 bits per heavy atom. The van der Waals surface area contributed by atoms with Crippen molar-refractivity contribution in [2.75, 3.05) is 18.1 Å². The molecule has 1 aromatic heterocycles. The lowest BCUT2D eigenvalue weighted by molar-refractivity contribution is 0.0724. The number of fused-ring (bicyclic) bond motifs is 1. The first-order valence-corrected chi connectivity index (χ1v) is 9.09. The van der Waals surface area contributed by atoms with E-state index in [-0.39, 0.29) is 30.0 Å². The summed E-state index contributed by atoms with van der Waals surface area (Å²) in [4.78, 5) is 18.5. The normalized spacial score (nSPS) is 19.6. The molecule has 0 N–H and O–H groups in total. The van der Waals surface area contributed by atoms with E-state index in [9.17, 15) is 13.2 Å². The van der Waals surface area contributed by atoms with E-state index in [2.05, 4.69) is 10.9 Å². The van der Waals surface area contributed by atoms with Gasteiger partial charge in [0.1, 0.15) is 0 Å². The molecule has 1 saturated heterocycles. The molecule has 2 aromatic rings. The lowest BCUT2D eigenvalue weighted by atomic mass is 10.1. The van der Waals surface area contributed by atoms with Crippen molar-refractivity contribution in [3.05, 3.63) is 30.1 Å². The van der Waals surface area contributed by atoms with Gasteiger partial charge in [0.15, 0.2) is 9.84 Å². The van der Waals surface area contributed by atoms with Crippen molar-refractivity contribution in [2.45, 2.75) is 12.5 Å². The highest BCUT2D eigenvalue weighted by Crippen LogP contribution is 2.21. The Bertz CT molecular complexity index is 908. The van der Waals surface area contributed by atoms with Crippen LogP contribution in [0.4, 0.5) is 0 Å². The van der Waals surface area contributed by atoms with Gasteiger partial charge < -0.3 is 9.47 Å². The first-order valence-electron chi connectivity index (χ1n) is 7.27. The molecular weight excluding hydrogens is 314 g/mol. The van der Waals surface area contributed by atoms with Crippen molar-refractivity contribution in [3.63, 3.8) is 0 Å². The number of aromatic nitrogens is 2. The fraction of sp³-hybridized carbons (Fsp3) is 0.375. The van der Waals surface area contributed by atoms with E-state index in [4.69, 9.17) is 6.42 Å². The van der Waals surface area contributed by atoms with E-state index < -0.39 is 9.84 Å². The Kier molecular flexibility index (Phi) is 3.86. The Labute approximate surface area is 135 Å². The molecule has 6 nitrogen and oxygen atoms in total. The van der Waals surface area contributed by atoms with Gasteiger partial charge in [-0.3, -0.25) is 4.79 Å². The highest BCUT2D eigenvalue weighted by atomic mass is 32.2. The Hall–Kier alpha value is -2.33. The quantitative estimate of drug-likeness (QED) is 0.781. The van der Waals surface area contributed by atoms with Gasteiger partial charge in [-0.15, -0.1) is 6.42 Å². The van der Waals surface area contributed by atoms with Crippen molar-refractivity contribution in [1.29, 1.82) is 0 Å². The average molecular weight is 331 g/mol. The number of nitrogens with zero attached hydrogens (tertiary/aromatic N) is 3. The molecule has 1 amide bonds. The van der Waals surface area contributed by atoms with Crippen molar-refractivity contribution in [3.8, 4) is 12.3 Å². The first-order chi connectivity index (χ1) is 10.9. The van der Waals surface area contributed by atoms with Crippen LogP contribution in [-0.4, -0.2) is 52.9 Å². The van der Waals surface area contributed by atoms with Crippen LogP contribution in [0, 0.1) is 12.3 Å². The van der Waals surface area contributed by atoms with E-state index in [1.807, 2.05) is 17.7 Å². The van der Waals surface area contributed by atoms with Crippen LogP contribution >= 0.6 is 0 Å². The van der Waals surface area contributed by atoms with Gasteiger partial charge in [0.2, 0.25) is 0 Å². The largest absolute Gasteiger partial charge is 0.334 e. The lowest BCUT2D eigenvalue weighted by Gasteiger charge is -2.26. The summed E-state index contributed by atoms with van der Waals surface area (Å²) in [6, 6.07) is 4.90. The minimum atomic E-state index is -3.08. The second kappa shape index (κ2) is 5.70. The maximum atomic E-state index is 12.8. The molecule has 120 valence electrons. The number of benzene rings is 1. The molecule has 1 aliphatic rings. The predicted octanol–water partition coefficient (Wildman–Crippen LogP) is 0.836. The van der Waals surface area contributed by atoms with Crippen molar-refractivity contribution in [1.82, 2.24) is 14.5 Å². The standard InChI is InChI=1S/C16H17N3O3S/c1-3-7-19(13-6-8-23(21,22)10-13)16(20)12-4-5-15-14(9-12)17-11-18(15)2/h1,4-5,9,11,13H,6-8,10H2,2H3. The van der Waals surface area contributed by atoms with E-state index in [1.54, 1.807) is 18.5 Å². The molecule has 1 atom stereocenters. The number of amides is 1. The van der Waals surface area contributed by atoms with Crippen LogP contribution in [0.5, 0.6) is 0 Å². The number of sulfone groups is 1. The zero-order valence-corrected chi connectivity index (χ0v) is 13.6. The van der Waals surface area contributed by atoms with Crippen LogP contribution < -0.4 is 0 Å². The number of hydrogen-bond donors (Lipinski definition) is 0. The molecule has 7 heteroatoms. The lowest BCUT2D eigenvalue weighted by Crippen LogP contribution is -2.41. The SMILES string of the molecule is C#CCN(C(=O)c1ccc2c(c1)ncn2C)C1CCS(=O)(=O)C1. The molecule has 1 aliphatic heterocycles. The predicted molar refractivity (Wildman–Crippen MR) is 87.6 cm³/mol. The van der Waals surface area contributed by atoms with Crippen LogP contribution in [0.15, 0.2) is 24.5 Å². The smallest absolute Gasteiger partial charge is 0.255 e.